The number of aryl methyl sites for hydroxylation is 1. The fourth-order valence-corrected chi connectivity index (χ4v) is 1.64. The van der Waals surface area contributed by atoms with Crippen LogP contribution in [0.2, 0.25) is 0 Å². The van der Waals surface area contributed by atoms with E-state index in [4.69, 9.17) is 10.2 Å². The average Bonchev–Trinajstić information content (AvgIpc) is 2.33. The summed E-state index contributed by atoms with van der Waals surface area (Å²) in [5, 5.41) is 17.1. The van der Waals surface area contributed by atoms with Crippen LogP contribution in [0, 0.1) is 0 Å². The van der Waals surface area contributed by atoms with Crippen LogP contribution in [0.4, 0.5) is 8.78 Å². The zero-order valence-corrected chi connectivity index (χ0v) is 9.85. The predicted octanol–water partition coefficient (Wildman–Crippen LogP) is 2.74. The Bertz CT molecular complexity index is 509. The number of rotatable bonds is 6. The number of alkyl halides is 2. The van der Waals surface area contributed by atoms with E-state index >= 15 is 0 Å². The standard InChI is InChI=1S/C13H12F2O4/c14-13(15)10-3-1-2-8(4-6-11(16)17)9(10)5-7-12(18)19/h1-3,5,7,13H,4,6H2,(H,16,17)(H,18,19)/b7-5+. The largest absolute Gasteiger partial charge is 0.481 e. The number of halogens is 2. The van der Waals surface area contributed by atoms with Crippen molar-refractivity contribution in [3.8, 4) is 0 Å². The molecule has 0 aliphatic carbocycles. The molecule has 0 aliphatic rings. The molecule has 102 valence electrons. The fourth-order valence-electron chi connectivity index (χ4n) is 1.64. The van der Waals surface area contributed by atoms with E-state index < -0.39 is 18.4 Å². The maximum atomic E-state index is 12.8. The Morgan fingerprint density at radius 2 is 1.95 bits per heavy atom. The summed E-state index contributed by atoms with van der Waals surface area (Å²) in [4.78, 5) is 21.0. The van der Waals surface area contributed by atoms with Gasteiger partial charge in [-0.15, -0.1) is 0 Å². The first kappa shape index (κ1) is 14.8. The van der Waals surface area contributed by atoms with Gasteiger partial charge in [-0.3, -0.25) is 4.79 Å². The van der Waals surface area contributed by atoms with E-state index in [2.05, 4.69) is 0 Å². The minimum absolute atomic E-state index is 0.0647. The quantitative estimate of drug-likeness (QED) is 0.779. The van der Waals surface area contributed by atoms with Crippen LogP contribution in [0.3, 0.4) is 0 Å². The summed E-state index contributed by atoms with van der Waals surface area (Å²) in [7, 11) is 0. The van der Waals surface area contributed by atoms with E-state index in [1.807, 2.05) is 0 Å². The Kier molecular flexibility index (Phi) is 5.17. The summed E-state index contributed by atoms with van der Waals surface area (Å²) in [5.41, 5.74) is 0.152. The number of carboxylic acid groups (broad SMARTS) is 2. The summed E-state index contributed by atoms with van der Waals surface area (Å²) in [6.45, 7) is 0. The molecular weight excluding hydrogens is 258 g/mol. The molecule has 0 amide bonds. The van der Waals surface area contributed by atoms with Gasteiger partial charge in [0.1, 0.15) is 0 Å². The Labute approximate surface area is 108 Å². The van der Waals surface area contributed by atoms with Crippen molar-refractivity contribution < 1.29 is 28.6 Å². The zero-order chi connectivity index (χ0) is 14.4. The lowest BCUT2D eigenvalue weighted by Crippen LogP contribution is -2.02. The highest BCUT2D eigenvalue weighted by Gasteiger charge is 2.15. The summed E-state index contributed by atoms with van der Waals surface area (Å²) < 4.78 is 25.7. The van der Waals surface area contributed by atoms with Crippen LogP contribution >= 0.6 is 0 Å². The molecule has 0 saturated carbocycles. The second kappa shape index (κ2) is 6.63. The molecule has 0 unspecified atom stereocenters. The van der Waals surface area contributed by atoms with Crippen molar-refractivity contribution in [1.82, 2.24) is 0 Å². The third-order valence-corrected chi connectivity index (χ3v) is 2.47. The van der Waals surface area contributed by atoms with Crippen molar-refractivity contribution in [3.63, 3.8) is 0 Å². The number of benzene rings is 1. The van der Waals surface area contributed by atoms with Gasteiger partial charge in [-0.05, 0) is 23.6 Å². The van der Waals surface area contributed by atoms with Gasteiger partial charge in [0.05, 0.1) is 0 Å². The van der Waals surface area contributed by atoms with E-state index in [1.165, 1.54) is 18.2 Å². The molecular formula is C13H12F2O4. The van der Waals surface area contributed by atoms with E-state index in [-0.39, 0.29) is 24.0 Å². The molecule has 1 aromatic carbocycles. The van der Waals surface area contributed by atoms with Crippen LogP contribution < -0.4 is 0 Å². The first-order valence-corrected chi connectivity index (χ1v) is 5.44. The highest BCUT2D eigenvalue weighted by Crippen LogP contribution is 2.27. The molecule has 19 heavy (non-hydrogen) atoms. The molecule has 0 spiro atoms. The maximum absolute atomic E-state index is 12.8. The molecule has 0 saturated heterocycles. The molecule has 0 aromatic heterocycles. The van der Waals surface area contributed by atoms with Crippen LogP contribution in [0.25, 0.3) is 6.08 Å². The van der Waals surface area contributed by atoms with Crippen molar-refractivity contribution in [2.24, 2.45) is 0 Å². The van der Waals surface area contributed by atoms with Crippen molar-refractivity contribution in [3.05, 3.63) is 41.0 Å². The van der Waals surface area contributed by atoms with Gasteiger partial charge < -0.3 is 10.2 Å². The van der Waals surface area contributed by atoms with Gasteiger partial charge in [0.15, 0.2) is 0 Å². The zero-order valence-electron chi connectivity index (χ0n) is 9.85. The first-order chi connectivity index (χ1) is 8.91. The number of carboxylic acids is 2. The van der Waals surface area contributed by atoms with E-state index in [1.54, 1.807) is 0 Å². The third-order valence-electron chi connectivity index (χ3n) is 2.47. The molecule has 0 bridgehead atoms. The molecule has 0 radical (unpaired) electrons. The number of carbonyl (C=O) groups is 2. The SMILES string of the molecule is O=C(O)/C=C/c1c(CCC(=O)O)cccc1C(F)F. The number of hydrogen-bond acceptors (Lipinski definition) is 2. The summed E-state index contributed by atoms with van der Waals surface area (Å²) in [6.07, 6.45) is -1.07. The Hall–Kier alpha value is -2.24. The molecule has 6 heteroatoms. The fraction of sp³-hybridized carbons (Fsp3) is 0.231. The summed E-state index contributed by atoms with van der Waals surface area (Å²) in [6, 6.07) is 4.10. The van der Waals surface area contributed by atoms with Crippen molar-refractivity contribution in [1.29, 1.82) is 0 Å². The van der Waals surface area contributed by atoms with Gasteiger partial charge in [-0.2, -0.15) is 0 Å². The lowest BCUT2D eigenvalue weighted by Gasteiger charge is -2.10. The smallest absolute Gasteiger partial charge is 0.328 e. The average molecular weight is 270 g/mol. The maximum Gasteiger partial charge on any atom is 0.328 e. The molecule has 0 aliphatic heterocycles. The van der Waals surface area contributed by atoms with Gasteiger partial charge in [-0.25, -0.2) is 13.6 Å². The van der Waals surface area contributed by atoms with E-state index in [0.717, 1.165) is 12.2 Å². The van der Waals surface area contributed by atoms with Crippen LogP contribution in [0.5, 0.6) is 0 Å². The third kappa shape index (κ3) is 4.50. The highest BCUT2D eigenvalue weighted by atomic mass is 19.3. The summed E-state index contributed by atoms with van der Waals surface area (Å²) in [5.74, 6) is -2.30. The molecule has 0 fully saturated rings. The van der Waals surface area contributed by atoms with E-state index in [9.17, 15) is 18.4 Å². The van der Waals surface area contributed by atoms with Crippen LogP contribution in [0.1, 0.15) is 29.5 Å². The Morgan fingerprint density at radius 1 is 1.26 bits per heavy atom. The topological polar surface area (TPSA) is 74.6 Å². The highest BCUT2D eigenvalue weighted by molar-refractivity contribution is 5.86. The van der Waals surface area contributed by atoms with Crippen LogP contribution in [0.15, 0.2) is 24.3 Å². The van der Waals surface area contributed by atoms with Gasteiger partial charge in [0.25, 0.3) is 6.43 Å². The second-order valence-corrected chi connectivity index (χ2v) is 3.79. The molecule has 2 N–H and O–H groups in total. The Morgan fingerprint density at radius 3 is 2.47 bits per heavy atom. The summed E-state index contributed by atoms with van der Waals surface area (Å²) >= 11 is 0. The van der Waals surface area contributed by atoms with Gasteiger partial charge in [-0.1, -0.05) is 18.2 Å². The van der Waals surface area contributed by atoms with Crippen molar-refractivity contribution >= 4 is 18.0 Å². The number of hydrogen-bond donors (Lipinski definition) is 2. The normalized spacial score (nSPS) is 11.1. The predicted molar refractivity (Wildman–Crippen MR) is 64.0 cm³/mol. The minimum atomic E-state index is -2.75. The van der Waals surface area contributed by atoms with E-state index in [0.29, 0.717) is 5.56 Å². The van der Waals surface area contributed by atoms with Gasteiger partial charge >= 0.3 is 11.9 Å². The molecule has 0 heterocycles. The van der Waals surface area contributed by atoms with Crippen molar-refractivity contribution in [2.75, 3.05) is 0 Å². The second-order valence-electron chi connectivity index (χ2n) is 3.79. The monoisotopic (exact) mass is 270 g/mol. The number of aliphatic carboxylic acids is 2. The van der Waals surface area contributed by atoms with Crippen LogP contribution in [-0.2, 0) is 16.0 Å². The van der Waals surface area contributed by atoms with Gasteiger partial charge in [0, 0.05) is 18.1 Å². The first-order valence-electron chi connectivity index (χ1n) is 5.44. The lowest BCUT2D eigenvalue weighted by molar-refractivity contribution is -0.137. The molecule has 1 rings (SSSR count). The van der Waals surface area contributed by atoms with Crippen molar-refractivity contribution in [2.45, 2.75) is 19.3 Å². The van der Waals surface area contributed by atoms with Gasteiger partial charge in [0.2, 0.25) is 0 Å². The molecule has 4 nitrogen and oxygen atoms in total. The minimum Gasteiger partial charge on any atom is -0.481 e. The molecule has 0 atom stereocenters. The lowest BCUT2D eigenvalue weighted by atomic mass is 9.97. The van der Waals surface area contributed by atoms with Crippen LogP contribution in [-0.4, -0.2) is 22.2 Å². The molecule has 1 aromatic rings. The Balaban J connectivity index is 3.17.